The standard InChI is InChI=1S/C47H40N2/c1-29-22-31-24-30(2)47(32(23-29)25-31)41-17-9-6-14-35(41)36-21-20-34(26-42(36)47)49-44-19-11-8-16-38(44)40-27-45-39(28-46(40)49)37-15-7-10-18-43(37)48(45)33-12-4-3-5-13-33/h3-21,26-32H,22-25H2,1-2H3. The van der Waals surface area contributed by atoms with Crippen LogP contribution in [0, 0.1) is 23.7 Å². The summed E-state index contributed by atoms with van der Waals surface area (Å²) >= 11 is 0. The summed E-state index contributed by atoms with van der Waals surface area (Å²) in [6.07, 6.45) is 5.43. The molecule has 6 aromatic carbocycles. The van der Waals surface area contributed by atoms with Crippen molar-refractivity contribution in [1.29, 1.82) is 0 Å². The average Bonchev–Trinajstić information content (AvgIpc) is 3.74. The minimum absolute atomic E-state index is 0.0717. The minimum Gasteiger partial charge on any atom is -0.309 e. The first kappa shape index (κ1) is 27.8. The molecule has 0 aliphatic heterocycles. The van der Waals surface area contributed by atoms with Gasteiger partial charge in [0.25, 0.3) is 0 Å². The normalized spacial score (nSPS) is 24.3. The third kappa shape index (κ3) is 3.62. The zero-order chi connectivity index (χ0) is 32.4. The van der Waals surface area contributed by atoms with E-state index in [9.17, 15) is 0 Å². The Bertz CT molecular complexity index is 2620. The molecule has 0 N–H and O–H groups in total. The van der Waals surface area contributed by atoms with Crippen molar-refractivity contribution in [3.8, 4) is 22.5 Å². The quantitative estimate of drug-likeness (QED) is 0.179. The van der Waals surface area contributed by atoms with Crippen LogP contribution in [0.5, 0.6) is 0 Å². The van der Waals surface area contributed by atoms with Crippen molar-refractivity contribution in [2.45, 2.75) is 44.9 Å². The highest BCUT2D eigenvalue weighted by Gasteiger charge is 2.56. The second-order valence-corrected chi connectivity index (χ2v) is 15.6. The molecule has 3 aliphatic carbocycles. The third-order valence-electron chi connectivity index (χ3n) is 13.0. The summed E-state index contributed by atoms with van der Waals surface area (Å²) in [5.74, 6) is 2.96. The molecular formula is C47H40N2. The van der Waals surface area contributed by atoms with E-state index < -0.39 is 0 Å². The molecule has 2 heterocycles. The van der Waals surface area contributed by atoms with E-state index in [0.717, 1.165) is 11.8 Å². The number of aromatic nitrogens is 2. The molecule has 49 heavy (non-hydrogen) atoms. The Morgan fingerprint density at radius 3 is 1.82 bits per heavy atom. The van der Waals surface area contributed by atoms with Crippen molar-refractivity contribution in [3.63, 3.8) is 0 Å². The van der Waals surface area contributed by atoms with Crippen LogP contribution in [0.15, 0.2) is 133 Å². The monoisotopic (exact) mass is 632 g/mol. The van der Waals surface area contributed by atoms with Gasteiger partial charge in [0, 0.05) is 38.3 Å². The molecule has 238 valence electrons. The predicted molar refractivity (Wildman–Crippen MR) is 205 cm³/mol. The molecule has 5 unspecified atom stereocenters. The largest absolute Gasteiger partial charge is 0.309 e. The molecule has 3 aliphatic rings. The molecule has 0 amide bonds. The van der Waals surface area contributed by atoms with Crippen molar-refractivity contribution < 1.29 is 0 Å². The molecule has 2 bridgehead atoms. The van der Waals surface area contributed by atoms with E-state index in [-0.39, 0.29) is 5.41 Å². The summed E-state index contributed by atoms with van der Waals surface area (Å²) in [5, 5.41) is 5.19. The summed E-state index contributed by atoms with van der Waals surface area (Å²) < 4.78 is 5.00. The van der Waals surface area contributed by atoms with Gasteiger partial charge >= 0.3 is 0 Å². The highest BCUT2D eigenvalue weighted by molar-refractivity contribution is 6.19. The molecule has 2 saturated carbocycles. The van der Waals surface area contributed by atoms with Crippen LogP contribution in [0.25, 0.3) is 66.1 Å². The van der Waals surface area contributed by atoms with Crippen molar-refractivity contribution in [1.82, 2.24) is 9.13 Å². The molecule has 5 atom stereocenters. The fourth-order valence-corrected chi connectivity index (χ4v) is 11.4. The van der Waals surface area contributed by atoms with Crippen molar-refractivity contribution in [3.05, 3.63) is 145 Å². The number of benzene rings is 6. The van der Waals surface area contributed by atoms with Crippen molar-refractivity contribution in [2.24, 2.45) is 23.7 Å². The Kier molecular flexibility index (Phi) is 5.67. The third-order valence-corrected chi connectivity index (χ3v) is 13.0. The Balaban J connectivity index is 1.21. The Labute approximate surface area is 287 Å². The first-order valence-electron chi connectivity index (χ1n) is 18.4. The molecule has 11 rings (SSSR count). The molecule has 2 fully saturated rings. The van der Waals surface area contributed by atoms with Crippen LogP contribution in [-0.2, 0) is 5.41 Å². The van der Waals surface area contributed by atoms with Gasteiger partial charge in [0.05, 0.1) is 22.1 Å². The van der Waals surface area contributed by atoms with E-state index in [1.165, 1.54) is 91.8 Å². The summed E-state index contributed by atoms with van der Waals surface area (Å²) in [7, 11) is 0. The first-order valence-corrected chi connectivity index (χ1v) is 18.4. The lowest BCUT2D eigenvalue weighted by Gasteiger charge is -2.54. The predicted octanol–water partition coefficient (Wildman–Crippen LogP) is 12.2. The van der Waals surface area contributed by atoms with Crippen LogP contribution in [-0.4, -0.2) is 9.13 Å². The average molecular weight is 633 g/mol. The van der Waals surface area contributed by atoms with Gasteiger partial charge in [-0.3, -0.25) is 0 Å². The highest BCUT2D eigenvalue weighted by atomic mass is 15.0. The van der Waals surface area contributed by atoms with E-state index in [2.05, 4.69) is 156 Å². The fraction of sp³-hybridized carbons (Fsp3) is 0.234. The van der Waals surface area contributed by atoms with Crippen LogP contribution in [0.3, 0.4) is 0 Å². The number of fused-ring (bicyclic) bond motifs is 14. The lowest BCUT2D eigenvalue weighted by atomic mass is 9.49. The molecule has 2 heteroatoms. The van der Waals surface area contributed by atoms with Gasteiger partial charge in [0.1, 0.15) is 0 Å². The van der Waals surface area contributed by atoms with Crippen molar-refractivity contribution >= 4 is 43.6 Å². The minimum atomic E-state index is 0.0717. The Hall–Kier alpha value is -5.08. The van der Waals surface area contributed by atoms with Crippen LogP contribution in [0.4, 0.5) is 0 Å². The van der Waals surface area contributed by atoms with Crippen LogP contribution < -0.4 is 0 Å². The smallest absolute Gasteiger partial charge is 0.0548 e. The molecule has 8 aromatic rings. The van der Waals surface area contributed by atoms with Gasteiger partial charge in [-0.25, -0.2) is 0 Å². The number of para-hydroxylation sites is 3. The maximum Gasteiger partial charge on any atom is 0.0548 e. The summed E-state index contributed by atoms with van der Waals surface area (Å²) in [4.78, 5) is 0. The van der Waals surface area contributed by atoms with Crippen LogP contribution in [0.1, 0.15) is 50.7 Å². The molecule has 0 radical (unpaired) electrons. The first-order chi connectivity index (χ1) is 24.1. The molecule has 2 aromatic heterocycles. The lowest BCUT2D eigenvalue weighted by Crippen LogP contribution is -2.49. The van der Waals surface area contributed by atoms with Gasteiger partial charge in [-0.1, -0.05) is 98.8 Å². The Morgan fingerprint density at radius 2 is 1.08 bits per heavy atom. The summed E-state index contributed by atoms with van der Waals surface area (Å²) in [5.41, 5.74) is 13.7. The highest BCUT2D eigenvalue weighted by Crippen LogP contribution is 2.64. The number of hydrogen-bond acceptors (Lipinski definition) is 0. The zero-order valence-electron chi connectivity index (χ0n) is 28.2. The van der Waals surface area contributed by atoms with E-state index in [1.807, 2.05) is 0 Å². The van der Waals surface area contributed by atoms with Crippen molar-refractivity contribution in [2.75, 3.05) is 0 Å². The lowest BCUT2D eigenvalue weighted by molar-refractivity contribution is 0.0426. The Morgan fingerprint density at radius 1 is 0.469 bits per heavy atom. The molecule has 1 spiro atoms. The summed E-state index contributed by atoms with van der Waals surface area (Å²) in [6.45, 7) is 5.09. The van der Waals surface area contributed by atoms with E-state index >= 15 is 0 Å². The van der Waals surface area contributed by atoms with Gasteiger partial charge < -0.3 is 9.13 Å². The van der Waals surface area contributed by atoms with Gasteiger partial charge in [-0.15, -0.1) is 0 Å². The molecule has 0 saturated heterocycles. The second kappa shape index (κ2) is 9.98. The fourth-order valence-electron chi connectivity index (χ4n) is 11.4. The van der Waals surface area contributed by atoms with Gasteiger partial charge in [0.15, 0.2) is 0 Å². The van der Waals surface area contributed by atoms with E-state index in [4.69, 9.17) is 0 Å². The molecular weight excluding hydrogens is 593 g/mol. The van der Waals surface area contributed by atoms with Crippen LogP contribution in [0.2, 0.25) is 0 Å². The number of nitrogens with zero attached hydrogens (tertiary/aromatic N) is 2. The van der Waals surface area contributed by atoms with Gasteiger partial charge in [-0.05, 0) is 120 Å². The van der Waals surface area contributed by atoms with Crippen LogP contribution >= 0.6 is 0 Å². The zero-order valence-corrected chi connectivity index (χ0v) is 28.2. The summed E-state index contributed by atoms with van der Waals surface area (Å²) in [6, 6.07) is 50.6. The number of hydrogen-bond donors (Lipinski definition) is 0. The van der Waals surface area contributed by atoms with E-state index in [0.29, 0.717) is 11.8 Å². The number of rotatable bonds is 2. The SMILES string of the molecule is CC1CC2CC(C)C3(c4ccccc4-c4ccc(-n5c6ccccc6c6cc7c(cc65)c5ccccc5n7-c5ccccc5)cc43)C(C1)C2. The topological polar surface area (TPSA) is 9.86 Å². The second-order valence-electron chi connectivity index (χ2n) is 15.6. The van der Waals surface area contributed by atoms with Gasteiger partial charge in [-0.2, -0.15) is 0 Å². The molecule has 2 nitrogen and oxygen atoms in total. The van der Waals surface area contributed by atoms with Gasteiger partial charge in [0.2, 0.25) is 0 Å². The van der Waals surface area contributed by atoms with E-state index in [1.54, 1.807) is 11.1 Å². The maximum absolute atomic E-state index is 2.62. The maximum atomic E-state index is 2.62.